The minimum absolute atomic E-state index is 0.133. The van der Waals surface area contributed by atoms with Crippen LogP contribution in [-0.2, 0) is 7.05 Å². The van der Waals surface area contributed by atoms with Crippen molar-refractivity contribution >= 4 is 5.91 Å². The first-order valence-corrected chi connectivity index (χ1v) is 9.15. The van der Waals surface area contributed by atoms with E-state index in [1.54, 1.807) is 18.0 Å². The van der Waals surface area contributed by atoms with Gasteiger partial charge in [-0.25, -0.2) is 9.67 Å². The number of nitrogens with one attached hydrogen (secondary N) is 1. The van der Waals surface area contributed by atoms with E-state index >= 15 is 0 Å². The molecule has 146 valence electrons. The van der Waals surface area contributed by atoms with Gasteiger partial charge in [0, 0.05) is 39.1 Å². The molecule has 3 aromatic rings. The molecule has 3 heterocycles. The topological polar surface area (TPSA) is 90.1 Å². The van der Waals surface area contributed by atoms with E-state index in [1.807, 2.05) is 53.9 Å². The average molecular weight is 381 g/mol. The molecule has 1 N–H and O–H groups in total. The van der Waals surface area contributed by atoms with Crippen molar-refractivity contribution in [1.29, 1.82) is 0 Å². The zero-order chi connectivity index (χ0) is 19.7. The van der Waals surface area contributed by atoms with E-state index in [4.69, 9.17) is 4.74 Å². The van der Waals surface area contributed by atoms with Gasteiger partial charge in [-0.1, -0.05) is 5.21 Å². The maximum atomic E-state index is 13.3. The van der Waals surface area contributed by atoms with Crippen molar-refractivity contribution in [2.45, 2.75) is 13.0 Å². The standard InChI is InChI=1S/C19H23N7O2/c1-13-17(22-23-26(13)14-4-6-15(28-3)7-5-14)19(27)25-11-8-20-12-16(25)18-21-9-10-24(18)2/h4-7,9-10,16,20H,8,11-12H2,1-3H3. The first kappa shape index (κ1) is 18.2. The van der Waals surface area contributed by atoms with Crippen LogP contribution in [0.25, 0.3) is 5.69 Å². The van der Waals surface area contributed by atoms with E-state index < -0.39 is 0 Å². The van der Waals surface area contributed by atoms with Gasteiger partial charge in [-0.15, -0.1) is 5.10 Å². The van der Waals surface area contributed by atoms with E-state index in [1.165, 1.54) is 0 Å². The quantitative estimate of drug-likeness (QED) is 0.728. The molecular weight excluding hydrogens is 358 g/mol. The number of aromatic nitrogens is 5. The predicted molar refractivity (Wildman–Crippen MR) is 103 cm³/mol. The molecule has 1 amide bonds. The Hall–Kier alpha value is -3.20. The van der Waals surface area contributed by atoms with Crippen LogP contribution in [0.5, 0.6) is 5.75 Å². The number of ether oxygens (including phenoxy) is 1. The van der Waals surface area contributed by atoms with Gasteiger partial charge < -0.3 is 19.5 Å². The van der Waals surface area contributed by atoms with E-state index in [9.17, 15) is 4.79 Å². The molecule has 2 aromatic heterocycles. The molecule has 0 spiro atoms. The fourth-order valence-corrected chi connectivity index (χ4v) is 3.51. The molecule has 1 atom stereocenters. The second kappa shape index (κ2) is 7.43. The van der Waals surface area contributed by atoms with Crippen LogP contribution >= 0.6 is 0 Å². The molecule has 0 saturated carbocycles. The lowest BCUT2D eigenvalue weighted by Crippen LogP contribution is -2.49. The second-order valence-corrected chi connectivity index (χ2v) is 6.75. The number of nitrogens with zero attached hydrogens (tertiary/aromatic N) is 6. The molecule has 28 heavy (non-hydrogen) atoms. The summed E-state index contributed by atoms with van der Waals surface area (Å²) in [6.45, 7) is 3.83. The van der Waals surface area contributed by atoms with Gasteiger partial charge in [-0.2, -0.15) is 0 Å². The summed E-state index contributed by atoms with van der Waals surface area (Å²) >= 11 is 0. The molecule has 0 radical (unpaired) electrons. The summed E-state index contributed by atoms with van der Waals surface area (Å²) in [7, 11) is 3.56. The fourth-order valence-electron chi connectivity index (χ4n) is 3.51. The van der Waals surface area contributed by atoms with Crippen molar-refractivity contribution in [1.82, 2.24) is 34.8 Å². The Labute approximate surface area is 162 Å². The Kier molecular flexibility index (Phi) is 4.82. The third-order valence-electron chi connectivity index (χ3n) is 5.07. The van der Waals surface area contributed by atoms with Crippen molar-refractivity contribution in [2.75, 3.05) is 26.7 Å². The summed E-state index contributed by atoms with van der Waals surface area (Å²) in [5.41, 5.74) is 1.88. The molecule has 0 bridgehead atoms. The van der Waals surface area contributed by atoms with E-state index in [0.29, 0.717) is 24.5 Å². The normalized spacial score (nSPS) is 17.0. The molecule has 4 rings (SSSR count). The highest BCUT2D eigenvalue weighted by atomic mass is 16.5. The van der Waals surface area contributed by atoms with Crippen LogP contribution in [-0.4, -0.2) is 62.1 Å². The molecular formula is C19H23N7O2. The number of aryl methyl sites for hydroxylation is 1. The Morgan fingerprint density at radius 2 is 2.07 bits per heavy atom. The molecule has 1 fully saturated rings. The number of imidazole rings is 1. The van der Waals surface area contributed by atoms with Gasteiger partial charge in [-0.3, -0.25) is 4.79 Å². The van der Waals surface area contributed by atoms with Gasteiger partial charge >= 0.3 is 0 Å². The zero-order valence-electron chi connectivity index (χ0n) is 16.2. The lowest BCUT2D eigenvalue weighted by molar-refractivity contribution is 0.0614. The minimum Gasteiger partial charge on any atom is -0.497 e. The summed E-state index contributed by atoms with van der Waals surface area (Å²) in [5, 5.41) is 11.7. The second-order valence-electron chi connectivity index (χ2n) is 6.75. The van der Waals surface area contributed by atoms with Gasteiger partial charge in [0.25, 0.3) is 5.91 Å². The highest BCUT2D eigenvalue weighted by molar-refractivity contribution is 5.93. The number of carbonyl (C=O) groups is 1. The van der Waals surface area contributed by atoms with Crippen LogP contribution in [0.15, 0.2) is 36.7 Å². The molecule has 1 aliphatic heterocycles. The summed E-state index contributed by atoms with van der Waals surface area (Å²) < 4.78 is 8.81. The van der Waals surface area contributed by atoms with Crippen molar-refractivity contribution < 1.29 is 9.53 Å². The van der Waals surface area contributed by atoms with Crippen molar-refractivity contribution in [2.24, 2.45) is 7.05 Å². The minimum atomic E-state index is -0.146. The first-order chi connectivity index (χ1) is 13.6. The van der Waals surface area contributed by atoms with Crippen LogP contribution in [0, 0.1) is 6.92 Å². The number of hydrogen-bond acceptors (Lipinski definition) is 6. The van der Waals surface area contributed by atoms with Gasteiger partial charge in [0.05, 0.1) is 18.5 Å². The van der Waals surface area contributed by atoms with Gasteiger partial charge in [0.2, 0.25) is 0 Å². The van der Waals surface area contributed by atoms with Gasteiger partial charge in [0.15, 0.2) is 5.69 Å². The number of amides is 1. The molecule has 0 aliphatic carbocycles. The smallest absolute Gasteiger partial charge is 0.277 e. The van der Waals surface area contributed by atoms with Crippen molar-refractivity contribution in [3.05, 3.63) is 53.9 Å². The number of hydrogen-bond donors (Lipinski definition) is 1. The Bertz CT molecular complexity index is 977. The Balaban J connectivity index is 1.64. The lowest BCUT2D eigenvalue weighted by atomic mass is 10.1. The molecule has 1 aromatic carbocycles. The molecule has 9 heteroatoms. The molecule has 1 aliphatic rings. The summed E-state index contributed by atoms with van der Waals surface area (Å²) in [6.07, 6.45) is 3.63. The fraction of sp³-hybridized carbons (Fsp3) is 0.368. The maximum absolute atomic E-state index is 13.3. The molecule has 1 unspecified atom stereocenters. The molecule has 1 saturated heterocycles. The first-order valence-electron chi connectivity index (χ1n) is 9.15. The van der Waals surface area contributed by atoms with E-state index in [-0.39, 0.29) is 11.9 Å². The number of rotatable bonds is 4. The van der Waals surface area contributed by atoms with Crippen LogP contribution in [0.4, 0.5) is 0 Å². The third kappa shape index (κ3) is 3.13. The summed E-state index contributed by atoms with van der Waals surface area (Å²) in [5.74, 6) is 1.48. The summed E-state index contributed by atoms with van der Waals surface area (Å²) in [4.78, 5) is 19.6. The van der Waals surface area contributed by atoms with Crippen molar-refractivity contribution in [3.63, 3.8) is 0 Å². The Morgan fingerprint density at radius 1 is 1.29 bits per heavy atom. The SMILES string of the molecule is COc1ccc(-n2nnc(C(=O)N3CCNCC3c3nccn3C)c2C)cc1. The van der Waals surface area contributed by atoms with Crippen LogP contribution < -0.4 is 10.1 Å². The Morgan fingerprint density at radius 3 is 2.75 bits per heavy atom. The number of carbonyl (C=O) groups excluding carboxylic acids is 1. The average Bonchev–Trinajstić information content (AvgIpc) is 3.33. The highest BCUT2D eigenvalue weighted by Gasteiger charge is 2.33. The predicted octanol–water partition coefficient (Wildman–Crippen LogP) is 1.10. The van der Waals surface area contributed by atoms with Crippen molar-refractivity contribution in [3.8, 4) is 11.4 Å². The monoisotopic (exact) mass is 381 g/mol. The van der Waals surface area contributed by atoms with Crippen LogP contribution in [0.1, 0.15) is 28.0 Å². The van der Waals surface area contributed by atoms with Crippen LogP contribution in [0.2, 0.25) is 0 Å². The van der Waals surface area contributed by atoms with Gasteiger partial charge in [0.1, 0.15) is 17.6 Å². The largest absolute Gasteiger partial charge is 0.497 e. The number of piperazine rings is 1. The number of benzene rings is 1. The molecule has 9 nitrogen and oxygen atoms in total. The highest BCUT2D eigenvalue weighted by Crippen LogP contribution is 2.24. The summed E-state index contributed by atoms with van der Waals surface area (Å²) in [6, 6.07) is 7.33. The third-order valence-corrected chi connectivity index (χ3v) is 5.07. The maximum Gasteiger partial charge on any atom is 0.277 e. The van der Waals surface area contributed by atoms with E-state index in [0.717, 1.165) is 23.8 Å². The van der Waals surface area contributed by atoms with E-state index in [2.05, 4.69) is 20.6 Å². The lowest BCUT2D eigenvalue weighted by Gasteiger charge is -2.35. The number of methoxy groups -OCH3 is 1. The zero-order valence-corrected chi connectivity index (χ0v) is 16.2. The van der Waals surface area contributed by atoms with Crippen LogP contribution in [0.3, 0.4) is 0 Å². The van der Waals surface area contributed by atoms with Gasteiger partial charge in [-0.05, 0) is 31.2 Å².